The summed E-state index contributed by atoms with van der Waals surface area (Å²) in [6.45, 7) is 1.24. The van der Waals surface area contributed by atoms with Gasteiger partial charge in [0, 0.05) is 31.4 Å². The van der Waals surface area contributed by atoms with Gasteiger partial charge in [0.1, 0.15) is 5.65 Å². The predicted molar refractivity (Wildman–Crippen MR) is 65.7 cm³/mol. The highest BCUT2D eigenvalue weighted by Gasteiger charge is 2.08. The maximum Gasteiger partial charge on any atom is 0.137 e. The van der Waals surface area contributed by atoms with Crippen molar-refractivity contribution in [2.45, 2.75) is 12.6 Å². The van der Waals surface area contributed by atoms with Gasteiger partial charge in [-0.1, -0.05) is 0 Å². The number of aliphatic hydroxyl groups excluding tert-OH is 1. The van der Waals surface area contributed by atoms with Crippen LogP contribution in [-0.2, 0) is 11.3 Å². The van der Waals surface area contributed by atoms with Gasteiger partial charge in [0.2, 0.25) is 0 Å². The second kappa shape index (κ2) is 5.77. The molecule has 0 amide bonds. The number of hydrogen-bond donors (Lipinski definition) is 3. The monoisotopic (exact) mass is 235 g/mol. The van der Waals surface area contributed by atoms with E-state index >= 15 is 0 Å². The molecule has 2 heterocycles. The van der Waals surface area contributed by atoms with E-state index in [0.717, 1.165) is 16.6 Å². The Labute approximate surface area is 99.8 Å². The molecule has 0 spiro atoms. The molecule has 0 saturated carbocycles. The molecule has 2 aromatic heterocycles. The largest absolute Gasteiger partial charge is 0.395 e. The Balaban J connectivity index is 2.03. The first-order chi connectivity index (χ1) is 8.35. The van der Waals surface area contributed by atoms with Crippen LogP contribution < -0.4 is 5.32 Å². The molecule has 0 radical (unpaired) electrons. The van der Waals surface area contributed by atoms with E-state index in [1.807, 2.05) is 18.3 Å². The molecule has 2 rings (SSSR count). The Morgan fingerprint density at radius 1 is 1.59 bits per heavy atom. The van der Waals surface area contributed by atoms with Crippen molar-refractivity contribution in [1.29, 1.82) is 0 Å². The van der Waals surface area contributed by atoms with Crippen molar-refractivity contribution >= 4 is 11.0 Å². The van der Waals surface area contributed by atoms with E-state index in [2.05, 4.69) is 15.3 Å². The second-order valence-corrected chi connectivity index (χ2v) is 3.93. The molecule has 1 unspecified atom stereocenters. The zero-order valence-corrected chi connectivity index (χ0v) is 9.81. The first-order valence-electron chi connectivity index (χ1n) is 5.59. The van der Waals surface area contributed by atoms with Crippen molar-refractivity contribution in [1.82, 2.24) is 15.3 Å². The van der Waals surface area contributed by atoms with Gasteiger partial charge in [0.05, 0.1) is 19.3 Å². The average Bonchev–Trinajstić information content (AvgIpc) is 2.78. The standard InChI is InChI=1S/C12H17N3O2/c1-17-8-10(7-16)14-5-9-6-15-12-11(9)3-2-4-13-12/h2-4,6,10,14,16H,5,7-8H2,1H3,(H,13,15). The summed E-state index contributed by atoms with van der Waals surface area (Å²) < 4.78 is 5.01. The summed E-state index contributed by atoms with van der Waals surface area (Å²) in [6.07, 6.45) is 3.70. The molecule has 0 aliphatic heterocycles. The SMILES string of the molecule is COCC(CO)NCc1c[nH]c2ncccc12. The number of nitrogens with zero attached hydrogens (tertiary/aromatic N) is 1. The minimum atomic E-state index is -0.0402. The molecule has 0 fully saturated rings. The summed E-state index contributed by atoms with van der Waals surface area (Å²) in [4.78, 5) is 7.35. The topological polar surface area (TPSA) is 70.2 Å². The molecule has 92 valence electrons. The number of methoxy groups -OCH3 is 1. The highest BCUT2D eigenvalue weighted by molar-refractivity contribution is 5.79. The number of aromatic amines is 1. The first kappa shape index (κ1) is 12.0. The number of fused-ring (bicyclic) bond motifs is 1. The maximum atomic E-state index is 9.14. The Bertz CT molecular complexity index is 469. The lowest BCUT2D eigenvalue weighted by atomic mass is 10.2. The van der Waals surface area contributed by atoms with Crippen LogP contribution in [0.15, 0.2) is 24.5 Å². The third-order valence-electron chi connectivity index (χ3n) is 2.71. The van der Waals surface area contributed by atoms with Crippen molar-refractivity contribution in [2.75, 3.05) is 20.3 Å². The Morgan fingerprint density at radius 3 is 3.24 bits per heavy atom. The molecule has 5 heteroatoms. The minimum Gasteiger partial charge on any atom is -0.395 e. The zero-order chi connectivity index (χ0) is 12.1. The lowest BCUT2D eigenvalue weighted by Crippen LogP contribution is -2.35. The van der Waals surface area contributed by atoms with Crippen molar-refractivity contribution in [3.63, 3.8) is 0 Å². The number of pyridine rings is 1. The molecule has 1 atom stereocenters. The van der Waals surface area contributed by atoms with E-state index in [4.69, 9.17) is 9.84 Å². The number of ether oxygens (including phenoxy) is 1. The van der Waals surface area contributed by atoms with Crippen LogP contribution in [0.4, 0.5) is 0 Å². The lowest BCUT2D eigenvalue weighted by molar-refractivity contribution is 0.128. The lowest BCUT2D eigenvalue weighted by Gasteiger charge is -2.14. The van der Waals surface area contributed by atoms with Crippen LogP contribution in [0, 0.1) is 0 Å². The van der Waals surface area contributed by atoms with E-state index in [-0.39, 0.29) is 12.6 Å². The summed E-state index contributed by atoms with van der Waals surface area (Å²) in [5.74, 6) is 0. The normalized spacial score (nSPS) is 13.1. The van der Waals surface area contributed by atoms with Gasteiger partial charge in [-0.2, -0.15) is 0 Å². The van der Waals surface area contributed by atoms with Crippen LogP contribution in [0.3, 0.4) is 0 Å². The summed E-state index contributed by atoms with van der Waals surface area (Å²) in [6, 6.07) is 3.90. The predicted octanol–water partition coefficient (Wildman–Crippen LogP) is 0.660. The van der Waals surface area contributed by atoms with Gasteiger partial charge in [0.15, 0.2) is 0 Å². The van der Waals surface area contributed by atoms with Crippen molar-refractivity contribution < 1.29 is 9.84 Å². The summed E-state index contributed by atoms with van der Waals surface area (Å²) in [5, 5.41) is 13.5. The molecule has 0 aliphatic rings. The van der Waals surface area contributed by atoms with Crippen LogP contribution in [0.2, 0.25) is 0 Å². The third-order valence-corrected chi connectivity index (χ3v) is 2.71. The summed E-state index contributed by atoms with van der Waals surface area (Å²) in [5.41, 5.74) is 2.03. The van der Waals surface area contributed by atoms with Crippen LogP contribution in [0.25, 0.3) is 11.0 Å². The minimum absolute atomic E-state index is 0.0402. The molecular weight excluding hydrogens is 218 g/mol. The van der Waals surface area contributed by atoms with Gasteiger partial charge in [-0.25, -0.2) is 4.98 Å². The van der Waals surface area contributed by atoms with Gasteiger partial charge < -0.3 is 20.1 Å². The molecule has 0 aromatic carbocycles. The van der Waals surface area contributed by atoms with E-state index in [1.54, 1.807) is 13.3 Å². The number of aliphatic hydroxyl groups is 1. The van der Waals surface area contributed by atoms with Crippen LogP contribution >= 0.6 is 0 Å². The van der Waals surface area contributed by atoms with Crippen molar-refractivity contribution in [2.24, 2.45) is 0 Å². The molecule has 2 aromatic rings. The van der Waals surface area contributed by atoms with E-state index < -0.39 is 0 Å². The van der Waals surface area contributed by atoms with Gasteiger partial charge in [0.25, 0.3) is 0 Å². The third kappa shape index (κ3) is 2.82. The zero-order valence-electron chi connectivity index (χ0n) is 9.81. The average molecular weight is 235 g/mol. The van der Waals surface area contributed by atoms with E-state index in [9.17, 15) is 0 Å². The molecule has 17 heavy (non-hydrogen) atoms. The van der Waals surface area contributed by atoms with Crippen molar-refractivity contribution in [3.8, 4) is 0 Å². The summed E-state index contributed by atoms with van der Waals surface area (Å²) >= 11 is 0. The van der Waals surface area contributed by atoms with E-state index in [0.29, 0.717) is 13.2 Å². The van der Waals surface area contributed by atoms with Gasteiger partial charge >= 0.3 is 0 Å². The summed E-state index contributed by atoms with van der Waals surface area (Å²) in [7, 11) is 1.62. The number of hydrogen-bond acceptors (Lipinski definition) is 4. The van der Waals surface area contributed by atoms with Crippen molar-refractivity contribution in [3.05, 3.63) is 30.1 Å². The Kier molecular flexibility index (Phi) is 4.08. The number of H-pyrrole nitrogens is 1. The van der Waals surface area contributed by atoms with Gasteiger partial charge in [-0.15, -0.1) is 0 Å². The fourth-order valence-corrected chi connectivity index (χ4v) is 1.79. The first-order valence-corrected chi connectivity index (χ1v) is 5.59. The Hall–Kier alpha value is -1.43. The fraction of sp³-hybridized carbons (Fsp3) is 0.417. The second-order valence-electron chi connectivity index (χ2n) is 3.93. The molecule has 3 N–H and O–H groups in total. The fourth-order valence-electron chi connectivity index (χ4n) is 1.79. The van der Waals surface area contributed by atoms with Crippen LogP contribution in [-0.4, -0.2) is 41.4 Å². The van der Waals surface area contributed by atoms with Crippen LogP contribution in [0.5, 0.6) is 0 Å². The molecule has 0 saturated heterocycles. The Morgan fingerprint density at radius 2 is 2.47 bits per heavy atom. The van der Waals surface area contributed by atoms with Gasteiger partial charge in [-0.05, 0) is 17.7 Å². The molecule has 0 aliphatic carbocycles. The molecule has 5 nitrogen and oxygen atoms in total. The maximum absolute atomic E-state index is 9.14. The van der Waals surface area contributed by atoms with Gasteiger partial charge in [-0.3, -0.25) is 0 Å². The van der Waals surface area contributed by atoms with E-state index in [1.165, 1.54) is 0 Å². The quantitative estimate of drug-likeness (QED) is 0.688. The molecule has 0 bridgehead atoms. The molecular formula is C12H17N3O2. The van der Waals surface area contributed by atoms with Crippen LogP contribution in [0.1, 0.15) is 5.56 Å². The smallest absolute Gasteiger partial charge is 0.137 e. The number of nitrogens with one attached hydrogen (secondary N) is 2. The highest BCUT2D eigenvalue weighted by atomic mass is 16.5. The number of aromatic nitrogens is 2. The number of rotatable bonds is 6. The highest BCUT2D eigenvalue weighted by Crippen LogP contribution is 2.15.